The summed E-state index contributed by atoms with van der Waals surface area (Å²) in [6, 6.07) is 19.3. The van der Waals surface area contributed by atoms with Crippen LogP contribution in [0.4, 0.5) is 5.69 Å². The Bertz CT molecular complexity index is 700. The molecule has 1 aliphatic carbocycles. The standard InChI is InChI=1S/C20H22N2O2/c1-2-22(14-15-9-5-3-6-10-15)20(24)18-13-17(18)19(23)21-16-11-7-4-8-12-16/h3-12,17-18H,2,13-14H2,1H3,(H,21,23). The Morgan fingerprint density at radius 2 is 1.62 bits per heavy atom. The first-order valence-electron chi connectivity index (χ1n) is 8.37. The molecule has 2 aromatic carbocycles. The van der Waals surface area contributed by atoms with E-state index < -0.39 is 0 Å². The monoisotopic (exact) mass is 322 g/mol. The number of anilines is 1. The van der Waals surface area contributed by atoms with Crippen LogP contribution in [0.5, 0.6) is 0 Å². The first kappa shape index (κ1) is 16.2. The van der Waals surface area contributed by atoms with Crippen molar-refractivity contribution >= 4 is 17.5 Å². The molecule has 4 heteroatoms. The van der Waals surface area contributed by atoms with Crippen LogP contribution in [0.15, 0.2) is 60.7 Å². The maximum atomic E-state index is 12.7. The van der Waals surface area contributed by atoms with Crippen LogP contribution in [0.1, 0.15) is 18.9 Å². The smallest absolute Gasteiger partial charge is 0.228 e. The molecule has 24 heavy (non-hydrogen) atoms. The van der Waals surface area contributed by atoms with Crippen LogP contribution in [0.2, 0.25) is 0 Å². The summed E-state index contributed by atoms with van der Waals surface area (Å²) in [7, 11) is 0. The minimum atomic E-state index is -0.206. The molecular formula is C20H22N2O2. The Balaban J connectivity index is 1.57. The summed E-state index contributed by atoms with van der Waals surface area (Å²) < 4.78 is 0. The molecule has 1 N–H and O–H groups in total. The summed E-state index contributed by atoms with van der Waals surface area (Å²) in [6.45, 7) is 3.22. The molecule has 4 nitrogen and oxygen atoms in total. The molecule has 0 aromatic heterocycles. The second-order valence-corrected chi connectivity index (χ2v) is 6.14. The Morgan fingerprint density at radius 1 is 1.00 bits per heavy atom. The van der Waals surface area contributed by atoms with Gasteiger partial charge in [0, 0.05) is 18.8 Å². The number of carbonyl (C=O) groups excluding carboxylic acids is 2. The van der Waals surface area contributed by atoms with Crippen molar-refractivity contribution in [2.24, 2.45) is 11.8 Å². The lowest BCUT2D eigenvalue weighted by molar-refractivity contribution is -0.134. The van der Waals surface area contributed by atoms with Gasteiger partial charge in [-0.1, -0.05) is 48.5 Å². The van der Waals surface area contributed by atoms with E-state index in [4.69, 9.17) is 0 Å². The van der Waals surface area contributed by atoms with Crippen molar-refractivity contribution in [3.8, 4) is 0 Å². The van der Waals surface area contributed by atoms with Gasteiger partial charge in [-0.2, -0.15) is 0 Å². The Labute approximate surface area is 142 Å². The fourth-order valence-electron chi connectivity index (χ4n) is 2.90. The van der Waals surface area contributed by atoms with E-state index in [2.05, 4.69) is 5.32 Å². The Kier molecular flexibility index (Phi) is 4.94. The summed E-state index contributed by atoms with van der Waals surface area (Å²) in [5, 5.41) is 2.89. The van der Waals surface area contributed by atoms with Crippen LogP contribution < -0.4 is 5.32 Å². The van der Waals surface area contributed by atoms with Crippen molar-refractivity contribution in [2.45, 2.75) is 19.9 Å². The van der Waals surface area contributed by atoms with Gasteiger partial charge in [-0.3, -0.25) is 9.59 Å². The van der Waals surface area contributed by atoms with E-state index in [9.17, 15) is 9.59 Å². The van der Waals surface area contributed by atoms with Gasteiger partial charge < -0.3 is 10.2 Å². The second kappa shape index (κ2) is 7.30. The molecule has 1 saturated carbocycles. The van der Waals surface area contributed by atoms with Gasteiger partial charge in [-0.05, 0) is 31.0 Å². The zero-order chi connectivity index (χ0) is 16.9. The summed E-state index contributed by atoms with van der Waals surface area (Å²) in [5.41, 5.74) is 1.89. The number of benzene rings is 2. The Morgan fingerprint density at radius 3 is 2.25 bits per heavy atom. The van der Waals surface area contributed by atoms with Gasteiger partial charge in [0.25, 0.3) is 0 Å². The van der Waals surface area contributed by atoms with E-state index in [-0.39, 0.29) is 23.7 Å². The van der Waals surface area contributed by atoms with Gasteiger partial charge in [0.2, 0.25) is 11.8 Å². The summed E-state index contributed by atoms with van der Waals surface area (Å²) in [6.07, 6.45) is 0.642. The topological polar surface area (TPSA) is 49.4 Å². The predicted molar refractivity (Wildman–Crippen MR) is 94.2 cm³/mol. The SMILES string of the molecule is CCN(Cc1ccccc1)C(=O)C1CC1C(=O)Nc1ccccc1. The fraction of sp³-hybridized carbons (Fsp3) is 0.300. The van der Waals surface area contributed by atoms with E-state index in [1.807, 2.05) is 72.5 Å². The van der Waals surface area contributed by atoms with E-state index in [1.54, 1.807) is 0 Å². The van der Waals surface area contributed by atoms with E-state index in [1.165, 1.54) is 0 Å². The van der Waals surface area contributed by atoms with Gasteiger partial charge in [0.05, 0.1) is 11.8 Å². The largest absolute Gasteiger partial charge is 0.338 e. The van der Waals surface area contributed by atoms with Crippen LogP contribution in [0, 0.1) is 11.8 Å². The summed E-state index contributed by atoms with van der Waals surface area (Å²) in [5.74, 6) is -0.371. The molecule has 0 radical (unpaired) electrons. The highest BCUT2D eigenvalue weighted by Crippen LogP contribution is 2.41. The molecule has 3 rings (SSSR count). The molecule has 1 fully saturated rings. The normalized spacial score (nSPS) is 18.7. The molecule has 124 valence electrons. The van der Waals surface area contributed by atoms with E-state index >= 15 is 0 Å². The highest BCUT2D eigenvalue weighted by molar-refractivity contribution is 5.99. The van der Waals surface area contributed by atoms with Gasteiger partial charge in [0.1, 0.15) is 0 Å². The molecule has 0 heterocycles. The highest BCUT2D eigenvalue weighted by Gasteiger charge is 2.49. The fourth-order valence-corrected chi connectivity index (χ4v) is 2.90. The quantitative estimate of drug-likeness (QED) is 0.887. The van der Waals surface area contributed by atoms with Crippen LogP contribution in [0.25, 0.3) is 0 Å². The van der Waals surface area contributed by atoms with Crippen molar-refractivity contribution in [3.05, 3.63) is 66.2 Å². The molecular weight excluding hydrogens is 300 g/mol. The average Bonchev–Trinajstić information content (AvgIpc) is 3.42. The van der Waals surface area contributed by atoms with Crippen molar-refractivity contribution in [2.75, 3.05) is 11.9 Å². The molecule has 0 spiro atoms. The van der Waals surface area contributed by atoms with Crippen LogP contribution >= 0.6 is 0 Å². The van der Waals surface area contributed by atoms with E-state index in [0.717, 1.165) is 11.3 Å². The number of nitrogens with zero attached hydrogens (tertiary/aromatic N) is 1. The number of carbonyl (C=O) groups is 2. The number of amides is 2. The maximum absolute atomic E-state index is 12.7. The third-order valence-electron chi connectivity index (χ3n) is 4.40. The molecule has 0 bridgehead atoms. The first-order valence-corrected chi connectivity index (χ1v) is 8.37. The minimum absolute atomic E-state index is 0.0599. The summed E-state index contributed by atoms with van der Waals surface area (Å²) >= 11 is 0. The maximum Gasteiger partial charge on any atom is 0.228 e. The molecule has 2 aromatic rings. The number of nitrogens with one attached hydrogen (secondary N) is 1. The van der Waals surface area contributed by atoms with Gasteiger partial charge in [0.15, 0.2) is 0 Å². The Hall–Kier alpha value is -2.62. The summed E-state index contributed by atoms with van der Waals surface area (Å²) in [4.78, 5) is 26.8. The van der Waals surface area contributed by atoms with Gasteiger partial charge in [-0.15, -0.1) is 0 Å². The second-order valence-electron chi connectivity index (χ2n) is 6.14. The van der Waals surface area contributed by atoms with Crippen LogP contribution in [0.3, 0.4) is 0 Å². The van der Waals surface area contributed by atoms with Gasteiger partial charge in [-0.25, -0.2) is 0 Å². The third kappa shape index (κ3) is 3.82. The lowest BCUT2D eigenvalue weighted by atomic mass is 10.2. The minimum Gasteiger partial charge on any atom is -0.338 e. The average molecular weight is 322 g/mol. The number of para-hydroxylation sites is 1. The lowest BCUT2D eigenvalue weighted by Gasteiger charge is -2.21. The van der Waals surface area contributed by atoms with Gasteiger partial charge >= 0.3 is 0 Å². The molecule has 1 aliphatic rings. The van der Waals surface area contributed by atoms with Crippen molar-refractivity contribution in [1.29, 1.82) is 0 Å². The predicted octanol–water partition coefficient (Wildman–Crippen LogP) is 3.31. The molecule has 2 unspecified atom stereocenters. The van der Waals surface area contributed by atoms with Crippen molar-refractivity contribution < 1.29 is 9.59 Å². The van der Waals surface area contributed by atoms with Crippen molar-refractivity contribution in [3.63, 3.8) is 0 Å². The first-order chi connectivity index (χ1) is 11.7. The van der Waals surface area contributed by atoms with Crippen molar-refractivity contribution in [1.82, 2.24) is 4.90 Å². The number of hydrogen-bond donors (Lipinski definition) is 1. The number of hydrogen-bond acceptors (Lipinski definition) is 2. The molecule has 2 amide bonds. The van der Waals surface area contributed by atoms with E-state index in [0.29, 0.717) is 19.5 Å². The number of rotatable bonds is 6. The van der Waals surface area contributed by atoms with Crippen LogP contribution in [-0.4, -0.2) is 23.3 Å². The molecule has 0 aliphatic heterocycles. The lowest BCUT2D eigenvalue weighted by Crippen LogP contribution is -2.33. The zero-order valence-electron chi connectivity index (χ0n) is 13.8. The zero-order valence-corrected chi connectivity index (χ0v) is 13.8. The molecule has 0 saturated heterocycles. The van der Waals surface area contributed by atoms with Crippen LogP contribution in [-0.2, 0) is 16.1 Å². The highest BCUT2D eigenvalue weighted by atomic mass is 16.2. The third-order valence-corrected chi connectivity index (χ3v) is 4.40. The molecule has 2 atom stereocenters.